The minimum Gasteiger partial charge on any atom is -0.484 e. The summed E-state index contributed by atoms with van der Waals surface area (Å²) >= 11 is 0. The molecule has 2 aromatic rings. The van der Waals surface area contributed by atoms with Crippen molar-refractivity contribution in [2.45, 2.75) is 78.4 Å². The lowest BCUT2D eigenvalue weighted by Gasteiger charge is -2.31. The fourth-order valence-corrected chi connectivity index (χ4v) is 4.21. The van der Waals surface area contributed by atoms with E-state index in [1.807, 2.05) is 70.2 Å². The highest BCUT2D eigenvalue weighted by molar-refractivity contribution is 5.88. The van der Waals surface area contributed by atoms with E-state index in [0.717, 1.165) is 42.4 Å². The third kappa shape index (κ3) is 6.35. The van der Waals surface area contributed by atoms with Crippen LogP contribution in [0.1, 0.15) is 61.3 Å². The first-order valence-electron chi connectivity index (χ1n) is 11.7. The SMILES string of the molecule is CC[C@@H](C(=O)NC1CCCC1)N(Cc1ccc(C)cc1)C(=O)COc1ccc(C)c(C)c1. The molecule has 5 heteroatoms. The third-order valence-corrected chi connectivity index (χ3v) is 6.40. The Bertz CT molecular complexity index is 917. The van der Waals surface area contributed by atoms with Gasteiger partial charge in [-0.2, -0.15) is 0 Å². The molecule has 1 saturated carbocycles. The summed E-state index contributed by atoms with van der Waals surface area (Å²) in [5.41, 5.74) is 4.46. The van der Waals surface area contributed by atoms with Gasteiger partial charge in [0.05, 0.1) is 0 Å². The Morgan fingerprint density at radius 3 is 2.34 bits per heavy atom. The van der Waals surface area contributed by atoms with Gasteiger partial charge in [0.1, 0.15) is 11.8 Å². The van der Waals surface area contributed by atoms with E-state index < -0.39 is 6.04 Å². The van der Waals surface area contributed by atoms with Gasteiger partial charge in [0.15, 0.2) is 6.61 Å². The second-order valence-electron chi connectivity index (χ2n) is 8.96. The van der Waals surface area contributed by atoms with Crippen LogP contribution in [-0.2, 0) is 16.1 Å². The molecule has 172 valence electrons. The third-order valence-electron chi connectivity index (χ3n) is 6.40. The fraction of sp³-hybridized carbons (Fsp3) is 0.481. The highest BCUT2D eigenvalue weighted by Gasteiger charge is 2.30. The largest absolute Gasteiger partial charge is 0.484 e. The zero-order valence-electron chi connectivity index (χ0n) is 19.8. The van der Waals surface area contributed by atoms with Crippen LogP contribution < -0.4 is 10.1 Å². The molecule has 1 fully saturated rings. The average Bonchev–Trinajstić information content (AvgIpc) is 3.28. The maximum Gasteiger partial charge on any atom is 0.261 e. The van der Waals surface area contributed by atoms with Crippen LogP contribution >= 0.6 is 0 Å². The molecule has 0 aromatic heterocycles. The molecule has 3 rings (SSSR count). The monoisotopic (exact) mass is 436 g/mol. The van der Waals surface area contributed by atoms with Crippen molar-refractivity contribution in [2.24, 2.45) is 0 Å². The molecule has 0 heterocycles. The van der Waals surface area contributed by atoms with Crippen LogP contribution in [-0.4, -0.2) is 35.4 Å². The molecule has 0 radical (unpaired) electrons. The van der Waals surface area contributed by atoms with Gasteiger partial charge in [0.2, 0.25) is 5.91 Å². The van der Waals surface area contributed by atoms with Crippen LogP contribution in [0.2, 0.25) is 0 Å². The summed E-state index contributed by atoms with van der Waals surface area (Å²) in [4.78, 5) is 28.1. The molecule has 1 aliphatic rings. The second-order valence-corrected chi connectivity index (χ2v) is 8.96. The normalized spacial score (nSPS) is 14.8. The minimum atomic E-state index is -0.521. The summed E-state index contributed by atoms with van der Waals surface area (Å²) in [7, 11) is 0. The van der Waals surface area contributed by atoms with E-state index in [1.165, 1.54) is 5.56 Å². The van der Waals surface area contributed by atoms with Gasteiger partial charge in [-0.25, -0.2) is 0 Å². The number of ether oxygens (including phenoxy) is 1. The second kappa shape index (κ2) is 11.2. The number of carbonyl (C=O) groups excluding carboxylic acids is 2. The summed E-state index contributed by atoms with van der Waals surface area (Å²) in [6.45, 7) is 8.34. The number of rotatable bonds is 9. The van der Waals surface area contributed by atoms with Crippen molar-refractivity contribution < 1.29 is 14.3 Å². The number of hydrogen-bond donors (Lipinski definition) is 1. The van der Waals surface area contributed by atoms with E-state index in [4.69, 9.17) is 4.74 Å². The molecule has 0 spiro atoms. The van der Waals surface area contributed by atoms with E-state index in [-0.39, 0.29) is 24.5 Å². The van der Waals surface area contributed by atoms with Crippen molar-refractivity contribution >= 4 is 11.8 Å². The van der Waals surface area contributed by atoms with Gasteiger partial charge in [0.25, 0.3) is 5.91 Å². The number of aryl methyl sites for hydroxylation is 3. The molecule has 2 aromatic carbocycles. The Hall–Kier alpha value is -2.82. The van der Waals surface area contributed by atoms with Gasteiger partial charge in [-0.3, -0.25) is 9.59 Å². The molecular weight excluding hydrogens is 400 g/mol. The van der Waals surface area contributed by atoms with Crippen molar-refractivity contribution in [2.75, 3.05) is 6.61 Å². The summed E-state index contributed by atoms with van der Waals surface area (Å²) < 4.78 is 5.83. The zero-order chi connectivity index (χ0) is 23.1. The summed E-state index contributed by atoms with van der Waals surface area (Å²) in [6, 6.07) is 13.6. The number of hydrogen-bond acceptors (Lipinski definition) is 3. The first kappa shape index (κ1) is 23.8. The van der Waals surface area contributed by atoms with Crippen molar-refractivity contribution in [3.8, 4) is 5.75 Å². The minimum absolute atomic E-state index is 0.0638. The maximum atomic E-state index is 13.3. The lowest BCUT2D eigenvalue weighted by Crippen LogP contribution is -2.52. The van der Waals surface area contributed by atoms with Crippen LogP contribution in [0.3, 0.4) is 0 Å². The molecule has 0 saturated heterocycles. The number of benzene rings is 2. The molecule has 32 heavy (non-hydrogen) atoms. The van der Waals surface area contributed by atoms with Gasteiger partial charge in [-0.15, -0.1) is 0 Å². The van der Waals surface area contributed by atoms with Gasteiger partial charge in [-0.05, 0) is 68.9 Å². The Labute approximate surface area is 192 Å². The van der Waals surface area contributed by atoms with E-state index in [0.29, 0.717) is 18.7 Å². The van der Waals surface area contributed by atoms with Crippen LogP contribution in [0.4, 0.5) is 0 Å². The highest BCUT2D eigenvalue weighted by atomic mass is 16.5. The van der Waals surface area contributed by atoms with Crippen molar-refractivity contribution in [1.82, 2.24) is 10.2 Å². The van der Waals surface area contributed by atoms with Gasteiger partial charge >= 0.3 is 0 Å². The number of carbonyl (C=O) groups is 2. The van der Waals surface area contributed by atoms with Crippen molar-refractivity contribution in [3.05, 3.63) is 64.7 Å². The molecule has 5 nitrogen and oxygen atoms in total. The topological polar surface area (TPSA) is 58.6 Å². The number of nitrogens with zero attached hydrogens (tertiary/aromatic N) is 1. The predicted molar refractivity (Wildman–Crippen MR) is 128 cm³/mol. The van der Waals surface area contributed by atoms with Crippen LogP contribution in [0.25, 0.3) is 0 Å². The molecular formula is C27H36N2O3. The van der Waals surface area contributed by atoms with E-state index >= 15 is 0 Å². The lowest BCUT2D eigenvalue weighted by molar-refractivity contribution is -0.143. The number of amides is 2. The predicted octanol–water partition coefficient (Wildman–Crippen LogP) is 4.86. The van der Waals surface area contributed by atoms with Crippen LogP contribution in [0.15, 0.2) is 42.5 Å². The Morgan fingerprint density at radius 2 is 1.72 bits per heavy atom. The lowest BCUT2D eigenvalue weighted by atomic mass is 10.1. The fourth-order valence-electron chi connectivity index (χ4n) is 4.21. The van der Waals surface area contributed by atoms with Crippen LogP contribution in [0.5, 0.6) is 5.75 Å². The molecule has 1 atom stereocenters. The molecule has 1 aliphatic carbocycles. The molecule has 0 unspecified atom stereocenters. The molecule has 1 N–H and O–H groups in total. The first-order chi connectivity index (χ1) is 15.4. The summed E-state index contributed by atoms with van der Waals surface area (Å²) in [5, 5.41) is 3.17. The quantitative estimate of drug-likeness (QED) is 0.611. The molecule has 0 aliphatic heterocycles. The van der Waals surface area contributed by atoms with E-state index in [9.17, 15) is 9.59 Å². The van der Waals surface area contributed by atoms with Gasteiger partial charge < -0.3 is 15.0 Å². The Balaban J connectivity index is 1.75. The Kier molecular flexibility index (Phi) is 8.32. The average molecular weight is 437 g/mol. The first-order valence-corrected chi connectivity index (χ1v) is 11.7. The summed E-state index contributed by atoms with van der Waals surface area (Å²) in [5.74, 6) is 0.420. The molecule has 2 amide bonds. The van der Waals surface area contributed by atoms with Gasteiger partial charge in [0, 0.05) is 12.6 Å². The van der Waals surface area contributed by atoms with E-state index in [2.05, 4.69) is 5.32 Å². The zero-order valence-corrected chi connectivity index (χ0v) is 19.8. The Morgan fingerprint density at radius 1 is 1.03 bits per heavy atom. The standard InChI is InChI=1S/C27H36N2O3/c1-5-25(27(31)28-23-8-6-7-9-23)29(17-22-13-10-19(2)11-14-22)26(30)18-32-24-15-12-20(3)21(4)16-24/h10-16,23,25H,5-9,17-18H2,1-4H3,(H,28,31)/t25-/m0/s1. The highest BCUT2D eigenvalue weighted by Crippen LogP contribution is 2.20. The van der Waals surface area contributed by atoms with Gasteiger partial charge in [-0.1, -0.05) is 55.7 Å². The maximum absolute atomic E-state index is 13.3. The number of nitrogens with one attached hydrogen (secondary N) is 1. The van der Waals surface area contributed by atoms with Crippen molar-refractivity contribution in [1.29, 1.82) is 0 Å². The molecule has 0 bridgehead atoms. The smallest absolute Gasteiger partial charge is 0.261 e. The van der Waals surface area contributed by atoms with Crippen molar-refractivity contribution in [3.63, 3.8) is 0 Å². The van der Waals surface area contributed by atoms with E-state index in [1.54, 1.807) is 4.90 Å². The summed E-state index contributed by atoms with van der Waals surface area (Å²) in [6.07, 6.45) is 4.89. The van der Waals surface area contributed by atoms with Crippen LogP contribution in [0, 0.1) is 20.8 Å².